The van der Waals surface area contributed by atoms with E-state index in [9.17, 15) is 4.79 Å². The Bertz CT molecular complexity index is 607. The van der Waals surface area contributed by atoms with Gasteiger partial charge in [0.05, 0.1) is 5.75 Å². The van der Waals surface area contributed by atoms with Gasteiger partial charge in [-0.05, 0) is 17.9 Å². The van der Waals surface area contributed by atoms with Crippen LogP contribution in [0.5, 0.6) is 0 Å². The Morgan fingerprint density at radius 3 is 2.68 bits per heavy atom. The fourth-order valence-corrected chi connectivity index (χ4v) is 2.47. The standard InChI is InChI=1S/C16H22N4OS/c1-4-12-5-7-13(8-6-12)15-18-16(20-19-15)22-10-14(21)17-9-11(2)3/h5-8,11H,4,9-10H2,1-3H3,(H,17,21)(H,18,19,20). The second-order valence-corrected chi connectivity index (χ2v) is 6.45. The number of hydrogen-bond donors (Lipinski definition) is 2. The Kier molecular flexibility index (Phi) is 6.00. The molecule has 0 bridgehead atoms. The number of hydrogen-bond acceptors (Lipinski definition) is 4. The van der Waals surface area contributed by atoms with Crippen LogP contribution in [-0.4, -0.2) is 33.4 Å². The first-order valence-electron chi connectivity index (χ1n) is 7.49. The highest BCUT2D eigenvalue weighted by molar-refractivity contribution is 7.99. The van der Waals surface area contributed by atoms with E-state index in [2.05, 4.69) is 53.4 Å². The van der Waals surface area contributed by atoms with Crippen LogP contribution in [0.15, 0.2) is 29.4 Å². The average molecular weight is 318 g/mol. The molecule has 118 valence electrons. The lowest BCUT2D eigenvalue weighted by Crippen LogP contribution is -2.28. The molecule has 0 unspecified atom stereocenters. The third kappa shape index (κ3) is 4.87. The molecule has 5 nitrogen and oxygen atoms in total. The van der Waals surface area contributed by atoms with Crippen molar-refractivity contribution in [3.8, 4) is 11.4 Å². The van der Waals surface area contributed by atoms with E-state index in [1.165, 1.54) is 17.3 Å². The van der Waals surface area contributed by atoms with Gasteiger partial charge in [-0.1, -0.05) is 56.8 Å². The summed E-state index contributed by atoms with van der Waals surface area (Å²) in [6.07, 6.45) is 1.02. The number of aromatic nitrogens is 3. The average Bonchev–Trinajstić information content (AvgIpc) is 3.00. The summed E-state index contributed by atoms with van der Waals surface area (Å²) in [4.78, 5) is 16.1. The van der Waals surface area contributed by atoms with Crippen LogP contribution in [0, 0.1) is 5.92 Å². The van der Waals surface area contributed by atoms with Crippen molar-refractivity contribution in [1.29, 1.82) is 0 Å². The van der Waals surface area contributed by atoms with E-state index >= 15 is 0 Å². The number of benzene rings is 1. The Morgan fingerprint density at radius 2 is 2.05 bits per heavy atom. The number of H-pyrrole nitrogens is 1. The number of carbonyl (C=O) groups is 1. The van der Waals surface area contributed by atoms with E-state index < -0.39 is 0 Å². The molecule has 0 radical (unpaired) electrons. The zero-order chi connectivity index (χ0) is 15.9. The maximum atomic E-state index is 11.7. The quantitative estimate of drug-likeness (QED) is 0.770. The van der Waals surface area contributed by atoms with Crippen molar-refractivity contribution < 1.29 is 4.79 Å². The van der Waals surface area contributed by atoms with Crippen molar-refractivity contribution in [1.82, 2.24) is 20.5 Å². The molecule has 0 fully saturated rings. The molecule has 0 saturated heterocycles. The monoisotopic (exact) mass is 318 g/mol. The van der Waals surface area contributed by atoms with Gasteiger partial charge in [0.25, 0.3) is 0 Å². The molecular formula is C16H22N4OS. The Balaban J connectivity index is 1.89. The van der Waals surface area contributed by atoms with Crippen LogP contribution >= 0.6 is 11.8 Å². The van der Waals surface area contributed by atoms with Crippen molar-refractivity contribution in [3.05, 3.63) is 29.8 Å². The van der Waals surface area contributed by atoms with Crippen LogP contribution in [0.2, 0.25) is 0 Å². The molecule has 0 aliphatic rings. The van der Waals surface area contributed by atoms with E-state index in [0.717, 1.165) is 17.8 Å². The van der Waals surface area contributed by atoms with Crippen LogP contribution in [-0.2, 0) is 11.2 Å². The number of amides is 1. The van der Waals surface area contributed by atoms with Crippen LogP contribution < -0.4 is 5.32 Å². The molecule has 0 aliphatic carbocycles. The molecule has 6 heteroatoms. The summed E-state index contributed by atoms with van der Waals surface area (Å²) in [5.74, 6) is 1.53. The fourth-order valence-electron chi connectivity index (χ4n) is 1.84. The zero-order valence-corrected chi connectivity index (χ0v) is 14.0. The molecule has 1 aromatic heterocycles. The van der Waals surface area contributed by atoms with Crippen LogP contribution in [0.4, 0.5) is 0 Å². The smallest absolute Gasteiger partial charge is 0.230 e. The number of rotatable bonds is 7. The molecule has 22 heavy (non-hydrogen) atoms. The van der Waals surface area contributed by atoms with Crippen LogP contribution in [0.1, 0.15) is 26.3 Å². The Labute approximate surface area is 135 Å². The number of nitrogens with one attached hydrogen (secondary N) is 2. The molecule has 0 saturated carbocycles. The van der Waals surface area contributed by atoms with Crippen molar-refractivity contribution in [3.63, 3.8) is 0 Å². The van der Waals surface area contributed by atoms with Crippen molar-refractivity contribution in [2.75, 3.05) is 12.3 Å². The molecule has 0 aliphatic heterocycles. The maximum absolute atomic E-state index is 11.7. The highest BCUT2D eigenvalue weighted by Crippen LogP contribution is 2.19. The lowest BCUT2D eigenvalue weighted by Gasteiger charge is -2.05. The fraction of sp³-hybridized carbons (Fsp3) is 0.438. The summed E-state index contributed by atoms with van der Waals surface area (Å²) < 4.78 is 0. The van der Waals surface area contributed by atoms with Crippen LogP contribution in [0.25, 0.3) is 11.4 Å². The minimum absolute atomic E-state index is 0.0114. The van der Waals surface area contributed by atoms with Crippen LogP contribution in [0.3, 0.4) is 0 Å². The van der Waals surface area contributed by atoms with E-state index in [0.29, 0.717) is 23.4 Å². The first-order valence-corrected chi connectivity index (χ1v) is 8.48. The second-order valence-electron chi connectivity index (χ2n) is 5.50. The highest BCUT2D eigenvalue weighted by Gasteiger charge is 2.09. The van der Waals surface area contributed by atoms with E-state index in [1.807, 2.05) is 12.1 Å². The molecule has 2 aromatic rings. The SMILES string of the molecule is CCc1ccc(-c2nc(SCC(=O)NCC(C)C)n[nH]2)cc1. The van der Waals surface area contributed by atoms with Crippen molar-refractivity contribution in [2.45, 2.75) is 32.3 Å². The van der Waals surface area contributed by atoms with Gasteiger partial charge in [-0.2, -0.15) is 0 Å². The van der Waals surface area contributed by atoms with E-state index in [1.54, 1.807) is 0 Å². The number of aryl methyl sites for hydroxylation is 1. The summed E-state index contributed by atoms with van der Waals surface area (Å²) in [7, 11) is 0. The zero-order valence-electron chi connectivity index (χ0n) is 13.2. The highest BCUT2D eigenvalue weighted by atomic mass is 32.2. The number of aromatic amines is 1. The molecule has 1 heterocycles. The van der Waals surface area contributed by atoms with E-state index in [4.69, 9.17) is 0 Å². The van der Waals surface area contributed by atoms with Gasteiger partial charge in [0, 0.05) is 12.1 Å². The summed E-state index contributed by atoms with van der Waals surface area (Å²) in [5, 5.41) is 10.5. The van der Waals surface area contributed by atoms with E-state index in [-0.39, 0.29) is 5.91 Å². The summed E-state index contributed by atoms with van der Waals surface area (Å²) in [5.41, 5.74) is 2.29. The van der Waals surface area contributed by atoms with Gasteiger partial charge in [0.1, 0.15) is 0 Å². The minimum Gasteiger partial charge on any atom is -0.355 e. The molecule has 1 amide bonds. The maximum Gasteiger partial charge on any atom is 0.230 e. The lowest BCUT2D eigenvalue weighted by molar-refractivity contribution is -0.118. The number of thioether (sulfide) groups is 1. The lowest BCUT2D eigenvalue weighted by atomic mass is 10.1. The molecular weight excluding hydrogens is 296 g/mol. The van der Waals surface area contributed by atoms with Gasteiger partial charge < -0.3 is 5.32 Å². The predicted octanol–water partition coefficient (Wildman–Crippen LogP) is 2.90. The largest absolute Gasteiger partial charge is 0.355 e. The Morgan fingerprint density at radius 1 is 1.32 bits per heavy atom. The molecule has 1 aromatic carbocycles. The topological polar surface area (TPSA) is 70.7 Å². The third-order valence-electron chi connectivity index (χ3n) is 3.14. The molecule has 2 rings (SSSR count). The van der Waals surface area contributed by atoms with Gasteiger partial charge in [-0.3, -0.25) is 9.89 Å². The first kappa shape index (κ1) is 16.5. The number of carbonyl (C=O) groups excluding carboxylic acids is 1. The third-order valence-corrected chi connectivity index (χ3v) is 3.99. The van der Waals surface area contributed by atoms with Gasteiger partial charge in [0.15, 0.2) is 5.82 Å². The van der Waals surface area contributed by atoms with Gasteiger partial charge in [0.2, 0.25) is 11.1 Å². The van der Waals surface area contributed by atoms with Gasteiger partial charge in [-0.25, -0.2) is 4.98 Å². The second kappa shape index (κ2) is 7.98. The van der Waals surface area contributed by atoms with Crippen molar-refractivity contribution in [2.24, 2.45) is 5.92 Å². The Hall–Kier alpha value is -1.82. The van der Waals surface area contributed by atoms with Gasteiger partial charge >= 0.3 is 0 Å². The predicted molar refractivity (Wildman–Crippen MR) is 89.8 cm³/mol. The summed E-state index contributed by atoms with van der Waals surface area (Å²) in [6, 6.07) is 8.24. The molecule has 0 spiro atoms. The summed E-state index contributed by atoms with van der Waals surface area (Å²) in [6.45, 7) is 6.96. The molecule has 2 N–H and O–H groups in total. The van der Waals surface area contributed by atoms with Gasteiger partial charge in [-0.15, -0.1) is 5.10 Å². The van der Waals surface area contributed by atoms with Crippen molar-refractivity contribution >= 4 is 17.7 Å². The minimum atomic E-state index is 0.0114. The normalized spacial score (nSPS) is 10.9. The summed E-state index contributed by atoms with van der Waals surface area (Å²) >= 11 is 1.34. The first-order chi connectivity index (χ1) is 10.6. The number of nitrogens with zero attached hydrogens (tertiary/aromatic N) is 2. The molecule has 0 atom stereocenters.